The second kappa shape index (κ2) is 4.60. The molecule has 0 aromatic rings. The molecular formula is C11H23N3. The first kappa shape index (κ1) is 10.4. The van der Waals surface area contributed by atoms with Crippen LogP contribution in [-0.4, -0.2) is 55.1 Å². The average Bonchev–Trinajstić information content (AvgIpc) is 2.65. The summed E-state index contributed by atoms with van der Waals surface area (Å²) in [7, 11) is 2.22. The number of hydrogen-bond donors (Lipinski definition) is 1. The molecule has 2 fully saturated rings. The fourth-order valence-corrected chi connectivity index (χ4v) is 2.94. The second-order valence-corrected chi connectivity index (χ2v) is 4.83. The average molecular weight is 197 g/mol. The molecule has 2 N–H and O–H groups in total. The van der Waals surface area contributed by atoms with Gasteiger partial charge in [0, 0.05) is 25.2 Å². The van der Waals surface area contributed by atoms with E-state index in [-0.39, 0.29) is 0 Å². The molecule has 0 radical (unpaired) electrons. The van der Waals surface area contributed by atoms with Crippen molar-refractivity contribution in [2.24, 2.45) is 5.73 Å². The second-order valence-electron chi connectivity index (χ2n) is 4.83. The Morgan fingerprint density at radius 2 is 2.07 bits per heavy atom. The van der Waals surface area contributed by atoms with Crippen LogP contribution in [0.1, 0.15) is 25.7 Å². The van der Waals surface area contributed by atoms with Crippen LogP contribution in [0.25, 0.3) is 0 Å². The van der Waals surface area contributed by atoms with Crippen molar-refractivity contribution in [2.45, 2.75) is 37.8 Å². The molecule has 14 heavy (non-hydrogen) atoms. The topological polar surface area (TPSA) is 32.5 Å². The Labute approximate surface area is 87.2 Å². The van der Waals surface area contributed by atoms with Crippen LogP contribution in [0.15, 0.2) is 0 Å². The van der Waals surface area contributed by atoms with E-state index in [9.17, 15) is 0 Å². The molecule has 82 valence electrons. The zero-order valence-corrected chi connectivity index (χ0v) is 9.28. The van der Waals surface area contributed by atoms with Gasteiger partial charge in [-0.2, -0.15) is 0 Å². The van der Waals surface area contributed by atoms with Gasteiger partial charge in [-0.25, -0.2) is 0 Å². The first-order valence-electron chi connectivity index (χ1n) is 5.95. The van der Waals surface area contributed by atoms with E-state index in [4.69, 9.17) is 5.73 Å². The van der Waals surface area contributed by atoms with Crippen molar-refractivity contribution in [2.75, 3.05) is 33.2 Å². The van der Waals surface area contributed by atoms with Crippen LogP contribution in [0.4, 0.5) is 0 Å². The third-order valence-corrected chi connectivity index (χ3v) is 3.78. The van der Waals surface area contributed by atoms with Crippen molar-refractivity contribution in [1.82, 2.24) is 9.80 Å². The smallest absolute Gasteiger partial charge is 0.0238 e. The van der Waals surface area contributed by atoms with Crippen molar-refractivity contribution in [3.63, 3.8) is 0 Å². The molecule has 0 aromatic heterocycles. The first-order valence-corrected chi connectivity index (χ1v) is 5.95. The number of rotatable bonds is 2. The van der Waals surface area contributed by atoms with Gasteiger partial charge in [-0.15, -0.1) is 0 Å². The molecule has 0 aromatic carbocycles. The highest BCUT2D eigenvalue weighted by atomic mass is 15.3. The van der Waals surface area contributed by atoms with Gasteiger partial charge in [0.25, 0.3) is 0 Å². The summed E-state index contributed by atoms with van der Waals surface area (Å²) in [5, 5.41) is 0. The lowest BCUT2D eigenvalue weighted by atomic mass is 9.99. The quantitative estimate of drug-likeness (QED) is 0.700. The molecule has 2 aliphatic heterocycles. The van der Waals surface area contributed by atoms with Gasteiger partial charge in [-0.05, 0) is 39.4 Å². The van der Waals surface area contributed by atoms with Crippen LogP contribution in [0, 0.1) is 0 Å². The molecule has 0 saturated carbocycles. The SMILES string of the molecule is CN1CCC(N2CCCCC2CN)C1. The fourth-order valence-electron chi connectivity index (χ4n) is 2.94. The first-order chi connectivity index (χ1) is 6.81. The maximum absolute atomic E-state index is 5.84. The monoisotopic (exact) mass is 197 g/mol. The van der Waals surface area contributed by atoms with Gasteiger partial charge in [0.05, 0.1) is 0 Å². The van der Waals surface area contributed by atoms with Gasteiger partial charge in [-0.3, -0.25) is 4.90 Å². The maximum atomic E-state index is 5.84. The van der Waals surface area contributed by atoms with Crippen molar-refractivity contribution in [3.8, 4) is 0 Å². The zero-order valence-electron chi connectivity index (χ0n) is 9.28. The third-order valence-electron chi connectivity index (χ3n) is 3.78. The Morgan fingerprint density at radius 1 is 1.21 bits per heavy atom. The highest BCUT2D eigenvalue weighted by Gasteiger charge is 2.31. The van der Waals surface area contributed by atoms with Gasteiger partial charge in [0.15, 0.2) is 0 Å². The van der Waals surface area contributed by atoms with E-state index in [0.717, 1.165) is 12.6 Å². The zero-order chi connectivity index (χ0) is 9.97. The number of hydrogen-bond acceptors (Lipinski definition) is 3. The molecule has 2 saturated heterocycles. The van der Waals surface area contributed by atoms with Gasteiger partial charge >= 0.3 is 0 Å². The maximum Gasteiger partial charge on any atom is 0.0238 e. The summed E-state index contributed by atoms with van der Waals surface area (Å²) in [5.41, 5.74) is 5.84. The van der Waals surface area contributed by atoms with Gasteiger partial charge < -0.3 is 10.6 Å². The molecule has 3 nitrogen and oxygen atoms in total. The minimum Gasteiger partial charge on any atom is -0.329 e. The fraction of sp³-hybridized carbons (Fsp3) is 1.00. The van der Waals surface area contributed by atoms with E-state index >= 15 is 0 Å². The lowest BCUT2D eigenvalue weighted by Gasteiger charge is -2.39. The molecule has 0 aliphatic carbocycles. The largest absolute Gasteiger partial charge is 0.329 e. The van der Waals surface area contributed by atoms with Crippen LogP contribution < -0.4 is 5.73 Å². The lowest BCUT2D eigenvalue weighted by molar-refractivity contribution is 0.103. The number of likely N-dealkylation sites (N-methyl/N-ethyl adjacent to an activating group) is 1. The summed E-state index contributed by atoms with van der Waals surface area (Å²) in [4.78, 5) is 5.11. The molecule has 2 heterocycles. The Hall–Kier alpha value is -0.120. The predicted molar refractivity (Wildman–Crippen MR) is 59.3 cm³/mol. The Bertz CT molecular complexity index is 183. The number of nitrogens with zero attached hydrogens (tertiary/aromatic N) is 2. The van der Waals surface area contributed by atoms with Crippen LogP contribution in [0.2, 0.25) is 0 Å². The molecule has 3 heteroatoms. The van der Waals surface area contributed by atoms with Crippen molar-refractivity contribution in [3.05, 3.63) is 0 Å². The number of nitrogens with two attached hydrogens (primary N) is 1. The minimum atomic E-state index is 0.667. The van der Waals surface area contributed by atoms with E-state index in [1.54, 1.807) is 0 Å². The summed E-state index contributed by atoms with van der Waals surface area (Å²) in [6, 6.07) is 1.45. The third kappa shape index (κ3) is 2.10. The molecule has 0 bridgehead atoms. The summed E-state index contributed by atoms with van der Waals surface area (Å²) in [6.45, 7) is 4.63. The van der Waals surface area contributed by atoms with Crippen LogP contribution in [-0.2, 0) is 0 Å². The predicted octanol–water partition coefficient (Wildman–Crippen LogP) is 0.504. The molecule has 0 amide bonds. The standard InChI is InChI=1S/C11H23N3/c1-13-7-5-11(9-13)14-6-3-2-4-10(14)8-12/h10-11H,2-9,12H2,1H3. The minimum absolute atomic E-state index is 0.667. The van der Waals surface area contributed by atoms with E-state index in [2.05, 4.69) is 16.8 Å². The van der Waals surface area contributed by atoms with Gasteiger partial charge in [0.1, 0.15) is 0 Å². The van der Waals surface area contributed by atoms with E-state index in [1.165, 1.54) is 45.3 Å². The summed E-state index contributed by atoms with van der Waals surface area (Å²) in [6.07, 6.45) is 5.40. The van der Waals surface area contributed by atoms with Gasteiger partial charge in [0.2, 0.25) is 0 Å². The molecule has 2 aliphatic rings. The lowest BCUT2D eigenvalue weighted by Crippen LogP contribution is -2.50. The normalized spacial score (nSPS) is 36.4. The molecule has 2 rings (SSSR count). The summed E-state index contributed by atoms with van der Waals surface area (Å²) < 4.78 is 0. The van der Waals surface area contributed by atoms with E-state index in [1.807, 2.05) is 0 Å². The highest BCUT2D eigenvalue weighted by Crippen LogP contribution is 2.23. The molecule has 2 unspecified atom stereocenters. The van der Waals surface area contributed by atoms with Crippen molar-refractivity contribution in [1.29, 1.82) is 0 Å². The molecular weight excluding hydrogens is 174 g/mol. The van der Waals surface area contributed by atoms with E-state index in [0.29, 0.717) is 6.04 Å². The molecule has 0 spiro atoms. The summed E-state index contributed by atoms with van der Waals surface area (Å²) >= 11 is 0. The Balaban J connectivity index is 1.93. The Morgan fingerprint density at radius 3 is 2.71 bits per heavy atom. The van der Waals surface area contributed by atoms with Crippen LogP contribution in [0.3, 0.4) is 0 Å². The van der Waals surface area contributed by atoms with Crippen LogP contribution >= 0.6 is 0 Å². The number of piperidine rings is 1. The Kier molecular flexibility index (Phi) is 3.42. The van der Waals surface area contributed by atoms with Gasteiger partial charge in [-0.1, -0.05) is 6.42 Å². The summed E-state index contributed by atoms with van der Waals surface area (Å²) in [5.74, 6) is 0. The number of likely N-dealkylation sites (tertiary alicyclic amines) is 2. The van der Waals surface area contributed by atoms with Crippen molar-refractivity contribution >= 4 is 0 Å². The highest BCUT2D eigenvalue weighted by molar-refractivity contribution is 4.88. The van der Waals surface area contributed by atoms with Crippen molar-refractivity contribution < 1.29 is 0 Å². The van der Waals surface area contributed by atoms with Crippen LogP contribution in [0.5, 0.6) is 0 Å². The molecule has 2 atom stereocenters. The van der Waals surface area contributed by atoms with E-state index < -0.39 is 0 Å².